The van der Waals surface area contributed by atoms with Crippen LogP contribution in [0.1, 0.15) is 49.1 Å². The second-order valence-electron chi connectivity index (χ2n) is 7.38. The maximum absolute atomic E-state index is 12.9. The first-order valence-electron chi connectivity index (χ1n) is 8.98. The van der Waals surface area contributed by atoms with E-state index in [1.807, 2.05) is 15.8 Å². The van der Waals surface area contributed by atoms with Gasteiger partial charge in [0.2, 0.25) is 17.7 Å². The van der Waals surface area contributed by atoms with Crippen molar-refractivity contribution >= 4 is 17.2 Å². The van der Waals surface area contributed by atoms with E-state index in [1.165, 1.54) is 0 Å². The van der Waals surface area contributed by atoms with E-state index >= 15 is 0 Å². The number of aromatic nitrogens is 3. The average molecular weight is 359 g/mol. The minimum Gasteiger partial charge on any atom is -0.424 e. The Morgan fingerprint density at radius 1 is 1.12 bits per heavy atom. The summed E-state index contributed by atoms with van der Waals surface area (Å²) in [5.41, 5.74) is 2.82. The van der Waals surface area contributed by atoms with Crippen molar-refractivity contribution in [3.05, 3.63) is 28.4 Å². The van der Waals surface area contributed by atoms with Gasteiger partial charge in [-0.3, -0.25) is 9.69 Å². The van der Waals surface area contributed by atoms with Gasteiger partial charge in [-0.15, -0.1) is 21.5 Å². The molecule has 2 aromatic heterocycles. The molecule has 1 amide bonds. The third-order valence-corrected chi connectivity index (χ3v) is 6.09. The average Bonchev–Trinajstić information content (AvgIpc) is 3.23. The van der Waals surface area contributed by atoms with Crippen LogP contribution in [0.4, 0.5) is 0 Å². The molecule has 0 aromatic carbocycles. The molecule has 2 atom stereocenters. The van der Waals surface area contributed by atoms with Gasteiger partial charge in [0, 0.05) is 30.4 Å². The van der Waals surface area contributed by atoms with Gasteiger partial charge in [0.15, 0.2) is 0 Å². The van der Waals surface area contributed by atoms with E-state index in [1.54, 1.807) is 11.3 Å². The monoisotopic (exact) mass is 359 g/mol. The van der Waals surface area contributed by atoms with Crippen LogP contribution in [-0.2, 0) is 17.9 Å². The van der Waals surface area contributed by atoms with Crippen LogP contribution in [-0.4, -0.2) is 50.0 Å². The number of piperidine rings is 1. The van der Waals surface area contributed by atoms with Crippen LogP contribution in [0.15, 0.2) is 15.3 Å². The number of carbonyl (C=O) groups excluding carboxylic acids is 1. The molecule has 0 radical (unpaired) electrons. The Bertz CT molecular complexity index is 757. The Morgan fingerprint density at radius 3 is 2.80 bits per heavy atom. The molecule has 7 nitrogen and oxygen atoms in total. The van der Waals surface area contributed by atoms with Crippen LogP contribution >= 0.6 is 11.3 Å². The third-order valence-electron chi connectivity index (χ3n) is 5.45. The first-order valence-corrected chi connectivity index (χ1v) is 9.92. The van der Waals surface area contributed by atoms with Crippen LogP contribution in [0.25, 0.3) is 0 Å². The fourth-order valence-electron chi connectivity index (χ4n) is 3.97. The minimum absolute atomic E-state index is 0.0724. The molecule has 132 valence electrons. The lowest BCUT2D eigenvalue weighted by Crippen LogP contribution is -2.47. The number of hydrogen-bond acceptors (Lipinski definition) is 7. The number of thiazole rings is 1. The maximum atomic E-state index is 12.9. The van der Waals surface area contributed by atoms with Gasteiger partial charge in [-0.1, -0.05) is 0 Å². The molecule has 2 aromatic rings. The molecule has 0 N–H and O–H groups in total. The highest BCUT2D eigenvalue weighted by atomic mass is 32.1. The van der Waals surface area contributed by atoms with Gasteiger partial charge in [-0.2, -0.15) is 0 Å². The summed E-state index contributed by atoms with van der Waals surface area (Å²) in [6, 6.07) is 0.249. The van der Waals surface area contributed by atoms with Crippen LogP contribution < -0.4 is 0 Å². The van der Waals surface area contributed by atoms with Crippen LogP contribution in [0.3, 0.4) is 0 Å². The van der Waals surface area contributed by atoms with E-state index in [4.69, 9.17) is 4.42 Å². The molecule has 2 bridgehead atoms. The van der Waals surface area contributed by atoms with Crippen molar-refractivity contribution in [2.24, 2.45) is 5.92 Å². The molecule has 3 saturated heterocycles. The summed E-state index contributed by atoms with van der Waals surface area (Å²) in [4.78, 5) is 21.6. The van der Waals surface area contributed by atoms with Gasteiger partial charge >= 0.3 is 0 Å². The molecule has 1 aliphatic carbocycles. The van der Waals surface area contributed by atoms with Gasteiger partial charge in [-0.25, -0.2) is 4.98 Å². The van der Waals surface area contributed by atoms with Gasteiger partial charge < -0.3 is 9.32 Å². The lowest BCUT2D eigenvalue weighted by Gasteiger charge is -2.35. The van der Waals surface area contributed by atoms with E-state index < -0.39 is 0 Å². The second-order valence-corrected chi connectivity index (χ2v) is 8.10. The molecule has 5 heterocycles. The highest BCUT2D eigenvalue weighted by Gasteiger charge is 2.41. The van der Waals surface area contributed by atoms with Gasteiger partial charge in [0.05, 0.1) is 30.2 Å². The quantitative estimate of drug-likeness (QED) is 0.813. The molecular weight excluding hydrogens is 338 g/mol. The molecule has 8 heteroatoms. The lowest BCUT2D eigenvalue weighted by atomic mass is 9.94. The van der Waals surface area contributed by atoms with Gasteiger partial charge in [-0.05, 0) is 25.7 Å². The first kappa shape index (κ1) is 15.5. The van der Waals surface area contributed by atoms with Crippen LogP contribution in [0.2, 0.25) is 0 Å². The summed E-state index contributed by atoms with van der Waals surface area (Å²) >= 11 is 1.58. The Kier molecular flexibility index (Phi) is 3.82. The van der Waals surface area contributed by atoms with E-state index in [-0.39, 0.29) is 17.9 Å². The molecule has 0 unspecified atom stereocenters. The lowest BCUT2D eigenvalue weighted by molar-refractivity contribution is -0.140. The highest BCUT2D eigenvalue weighted by molar-refractivity contribution is 7.07. The number of hydrogen-bond donors (Lipinski definition) is 0. The van der Waals surface area contributed by atoms with Crippen molar-refractivity contribution in [2.75, 3.05) is 13.1 Å². The van der Waals surface area contributed by atoms with E-state index in [2.05, 4.69) is 20.1 Å². The largest absolute Gasteiger partial charge is 0.424 e. The smallest absolute Gasteiger partial charge is 0.230 e. The Balaban J connectivity index is 1.30. The highest BCUT2D eigenvalue weighted by Crippen LogP contribution is 2.39. The predicted molar refractivity (Wildman–Crippen MR) is 90.7 cm³/mol. The summed E-state index contributed by atoms with van der Waals surface area (Å²) in [5, 5.41) is 10.4. The molecule has 4 aliphatic rings. The molecular formula is C17H21N5O2S. The number of carbonyl (C=O) groups is 1. The molecule has 4 fully saturated rings. The molecule has 3 aliphatic heterocycles. The number of rotatable bonds is 5. The van der Waals surface area contributed by atoms with Crippen molar-refractivity contribution in [2.45, 2.75) is 50.7 Å². The predicted octanol–water partition coefficient (Wildman–Crippen LogP) is 2.03. The summed E-state index contributed by atoms with van der Waals surface area (Å²) in [6.07, 6.45) is 4.37. The summed E-state index contributed by atoms with van der Waals surface area (Å²) in [6.45, 7) is 2.92. The van der Waals surface area contributed by atoms with E-state index in [0.29, 0.717) is 24.9 Å². The first-order chi connectivity index (χ1) is 12.3. The summed E-state index contributed by atoms with van der Waals surface area (Å²) in [5.74, 6) is 2.30. The summed E-state index contributed by atoms with van der Waals surface area (Å²) in [7, 11) is 0. The SMILES string of the molecule is O=C1[C@H]2CC[C@H](CN(Cc3nnc(C4CC4)o3)C2)N1Cc1cscn1. The van der Waals surface area contributed by atoms with Crippen molar-refractivity contribution in [3.8, 4) is 0 Å². The Labute approximate surface area is 150 Å². The minimum atomic E-state index is 0.0724. The van der Waals surface area contributed by atoms with Gasteiger partial charge in [0.1, 0.15) is 0 Å². The summed E-state index contributed by atoms with van der Waals surface area (Å²) < 4.78 is 5.81. The van der Waals surface area contributed by atoms with E-state index in [0.717, 1.165) is 50.4 Å². The van der Waals surface area contributed by atoms with Gasteiger partial charge in [0.25, 0.3) is 0 Å². The van der Waals surface area contributed by atoms with Crippen molar-refractivity contribution in [1.29, 1.82) is 0 Å². The number of amides is 1. The fourth-order valence-corrected chi connectivity index (χ4v) is 4.52. The number of fused-ring (bicyclic) bond motifs is 4. The zero-order valence-corrected chi connectivity index (χ0v) is 14.8. The van der Waals surface area contributed by atoms with E-state index in [9.17, 15) is 4.79 Å². The molecule has 0 spiro atoms. The second kappa shape index (κ2) is 6.17. The standard InChI is InChI=1S/C17H21N5O2S/c23-17-12-3-4-14(22(17)6-13-9-25-10-18-13)7-21(5-12)8-15-19-20-16(24-15)11-1-2-11/h9-12,14H,1-8H2/t12-,14+/m0/s1. The molecule has 1 saturated carbocycles. The molecule has 25 heavy (non-hydrogen) atoms. The molecule has 6 rings (SSSR count). The van der Waals surface area contributed by atoms with Crippen molar-refractivity contribution in [1.82, 2.24) is 25.0 Å². The normalized spacial score (nSPS) is 27.0. The Morgan fingerprint density at radius 2 is 2.00 bits per heavy atom. The van der Waals surface area contributed by atoms with Crippen LogP contribution in [0, 0.1) is 5.92 Å². The van der Waals surface area contributed by atoms with Crippen LogP contribution in [0.5, 0.6) is 0 Å². The fraction of sp³-hybridized carbons (Fsp3) is 0.647. The maximum Gasteiger partial charge on any atom is 0.230 e. The zero-order chi connectivity index (χ0) is 16.8. The number of nitrogens with zero attached hydrogens (tertiary/aromatic N) is 5. The zero-order valence-electron chi connectivity index (χ0n) is 14.0. The topological polar surface area (TPSA) is 75.4 Å². The van der Waals surface area contributed by atoms with Crippen molar-refractivity contribution in [3.63, 3.8) is 0 Å². The third kappa shape index (κ3) is 3.08. The Hall–Kier alpha value is -1.80. The van der Waals surface area contributed by atoms with Crippen molar-refractivity contribution < 1.29 is 9.21 Å².